The van der Waals surface area contributed by atoms with Gasteiger partial charge in [0.15, 0.2) is 16.6 Å². The molecule has 3 rings (SSSR count). The number of benzene rings is 1. The van der Waals surface area contributed by atoms with Crippen molar-refractivity contribution in [2.75, 3.05) is 52.6 Å². The normalized spacial score (nSPS) is 17.7. The zero-order valence-corrected chi connectivity index (χ0v) is 15.9. The van der Waals surface area contributed by atoms with E-state index in [-0.39, 0.29) is 0 Å². The molecule has 26 heavy (non-hydrogen) atoms. The minimum Gasteiger partial charge on any atom is -0.486 e. The van der Waals surface area contributed by atoms with Crippen LogP contribution in [0, 0.1) is 0 Å². The summed E-state index contributed by atoms with van der Waals surface area (Å²) in [5.41, 5.74) is 4.70. The van der Waals surface area contributed by atoms with Gasteiger partial charge in [0.1, 0.15) is 13.2 Å². The standard InChI is InChI=1S/C18H26N4O3S/c1-14(15-3-4-16-17(13-15)25-12-11-24-16)20-21-18(26)19-5-2-6-22-7-9-23-10-8-22/h3-4,13H,2,5-12H2,1H3,(H2,19,21,26)/b20-14-. The fourth-order valence-electron chi connectivity index (χ4n) is 2.84. The molecule has 1 aromatic carbocycles. The Labute approximate surface area is 159 Å². The molecule has 0 aliphatic carbocycles. The lowest BCUT2D eigenvalue weighted by atomic mass is 10.1. The number of fused-ring (bicyclic) bond motifs is 1. The number of hydrogen-bond donors (Lipinski definition) is 2. The van der Waals surface area contributed by atoms with Crippen molar-refractivity contribution >= 4 is 23.0 Å². The fourth-order valence-corrected chi connectivity index (χ4v) is 2.98. The van der Waals surface area contributed by atoms with Gasteiger partial charge in [-0.2, -0.15) is 5.10 Å². The highest BCUT2D eigenvalue weighted by atomic mass is 32.1. The Bertz CT molecular complexity index is 647. The molecule has 1 saturated heterocycles. The van der Waals surface area contributed by atoms with Gasteiger partial charge in [0, 0.05) is 25.2 Å². The first-order valence-electron chi connectivity index (χ1n) is 9.00. The van der Waals surface area contributed by atoms with Crippen molar-refractivity contribution < 1.29 is 14.2 Å². The van der Waals surface area contributed by atoms with Crippen molar-refractivity contribution in [2.24, 2.45) is 5.10 Å². The molecule has 0 bridgehead atoms. The van der Waals surface area contributed by atoms with Crippen LogP contribution < -0.4 is 20.2 Å². The van der Waals surface area contributed by atoms with Crippen molar-refractivity contribution in [3.05, 3.63) is 23.8 Å². The third-order valence-corrected chi connectivity index (χ3v) is 4.56. The fraction of sp³-hybridized carbons (Fsp3) is 0.556. The summed E-state index contributed by atoms with van der Waals surface area (Å²) in [4.78, 5) is 2.41. The number of hydrazone groups is 1. The van der Waals surface area contributed by atoms with E-state index in [4.69, 9.17) is 26.4 Å². The SMILES string of the molecule is C/C(=N/NC(=S)NCCCN1CCOCC1)c1ccc2c(c1)OCCO2. The van der Waals surface area contributed by atoms with E-state index >= 15 is 0 Å². The minimum atomic E-state index is 0.531. The number of nitrogens with zero attached hydrogens (tertiary/aromatic N) is 2. The maximum atomic E-state index is 5.60. The van der Waals surface area contributed by atoms with E-state index in [2.05, 4.69) is 20.7 Å². The van der Waals surface area contributed by atoms with Crippen LogP contribution in [0.4, 0.5) is 0 Å². The van der Waals surface area contributed by atoms with E-state index < -0.39 is 0 Å². The highest BCUT2D eigenvalue weighted by molar-refractivity contribution is 7.80. The van der Waals surface area contributed by atoms with Gasteiger partial charge in [-0.1, -0.05) is 0 Å². The molecule has 1 fully saturated rings. The molecule has 2 N–H and O–H groups in total. The Morgan fingerprint density at radius 1 is 1.15 bits per heavy atom. The average Bonchev–Trinajstić information content (AvgIpc) is 2.70. The monoisotopic (exact) mass is 378 g/mol. The van der Waals surface area contributed by atoms with Crippen LogP contribution in [0.1, 0.15) is 18.9 Å². The zero-order chi connectivity index (χ0) is 18.2. The summed E-state index contributed by atoms with van der Waals surface area (Å²) in [6, 6.07) is 5.81. The molecule has 7 nitrogen and oxygen atoms in total. The van der Waals surface area contributed by atoms with Crippen LogP contribution >= 0.6 is 12.2 Å². The topological polar surface area (TPSA) is 67.4 Å². The summed E-state index contributed by atoms with van der Waals surface area (Å²) in [5.74, 6) is 1.53. The Morgan fingerprint density at radius 3 is 2.73 bits per heavy atom. The summed E-state index contributed by atoms with van der Waals surface area (Å²) >= 11 is 5.28. The average molecular weight is 378 g/mol. The third-order valence-electron chi connectivity index (χ3n) is 4.33. The molecule has 0 aromatic heterocycles. The van der Waals surface area contributed by atoms with Crippen molar-refractivity contribution in [2.45, 2.75) is 13.3 Å². The summed E-state index contributed by atoms with van der Waals surface area (Å²) in [5, 5.41) is 8.07. The van der Waals surface area contributed by atoms with E-state index in [9.17, 15) is 0 Å². The quantitative estimate of drug-likeness (QED) is 0.335. The van der Waals surface area contributed by atoms with E-state index in [0.29, 0.717) is 18.3 Å². The number of hydrogen-bond acceptors (Lipinski definition) is 6. The molecule has 0 amide bonds. The van der Waals surface area contributed by atoms with Gasteiger partial charge in [-0.25, -0.2) is 0 Å². The molecule has 2 aliphatic heterocycles. The van der Waals surface area contributed by atoms with Crippen LogP contribution in [-0.2, 0) is 4.74 Å². The molecular weight excluding hydrogens is 352 g/mol. The minimum absolute atomic E-state index is 0.531. The van der Waals surface area contributed by atoms with Crippen LogP contribution in [0.5, 0.6) is 11.5 Å². The Hall–Kier alpha value is -1.90. The zero-order valence-electron chi connectivity index (χ0n) is 15.1. The van der Waals surface area contributed by atoms with Crippen molar-refractivity contribution in [3.63, 3.8) is 0 Å². The predicted octanol–water partition coefficient (Wildman–Crippen LogP) is 1.37. The van der Waals surface area contributed by atoms with Crippen molar-refractivity contribution in [3.8, 4) is 11.5 Å². The lowest BCUT2D eigenvalue weighted by Crippen LogP contribution is -2.39. The number of rotatable bonds is 6. The van der Waals surface area contributed by atoms with Gasteiger partial charge in [0.25, 0.3) is 0 Å². The maximum absolute atomic E-state index is 5.60. The van der Waals surface area contributed by atoms with Gasteiger partial charge in [-0.15, -0.1) is 0 Å². The number of thiocarbonyl (C=S) groups is 1. The molecule has 2 aliphatic rings. The van der Waals surface area contributed by atoms with Gasteiger partial charge in [-0.3, -0.25) is 10.3 Å². The third kappa shape index (κ3) is 5.55. The first kappa shape index (κ1) is 18.9. The highest BCUT2D eigenvalue weighted by Crippen LogP contribution is 2.30. The molecule has 8 heteroatoms. The lowest BCUT2D eigenvalue weighted by molar-refractivity contribution is 0.0376. The second-order valence-corrected chi connectivity index (χ2v) is 6.64. The second kappa shape index (κ2) is 9.70. The Morgan fingerprint density at radius 2 is 1.92 bits per heavy atom. The first-order valence-corrected chi connectivity index (χ1v) is 9.41. The molecular formula is C18H26N4O3S. The smallest absolute Gasteiger partial charge is 0.186 e. The molecule has 1 aromatic rings. The maximum Gasteiger partial charge on any atom is 0.186 e. The summed E-state index contributed by atoms with van der Waals surface area (Å²) in [6.07, 6.45) is 1.03. The van der Waals surface area contributed by atoms with Gasteiger partial charge >= 0.3 is 0 Å². The van der Waals surface area contributed by atoms with Gasteiger partial charge in [0.05, 0.1) is 18.9 Å². The lowest BCUT2D eigenvalue weighted by Gasteiger charge is -2.26. The highest BCUT2D eigenvalue weighted by Gasteiger charge is 2.13. The van der Waals surface area contributed by atoms with Crippen LogP contribution in [-0.4, -0.2) is 68.3 Å². The van der Waals surface area contributed by atoms with E-state index in [1.165, 1.54) is 0 Å². The molecule has 2 heterocycles. The molecule has 0 spiro atoms. The van der Waals surface area contributed by atoms with Crippen LogP contribution in [0.15, 0.2) is 23.3 Å². The largest absolute Gasteiger partial charge is 0.486 e. The van der Waals surface area contributed by atoms with Gasteiger partial charge in [-0.05, 0) is 50.3 Å². The van der Waals surface area contributed by atoms with Crippen molar-refractivity contribution in [1.29, 1.82) is 0 Å². The van der Waals surface area contributed by atoms with Gasteiger partial charge < -0.3 is 19.5 Å². The molecule has 142 valence electrons. The summed E-state index contributed by atoms with van der Waals surface area (Å²) in [7, 11) is 0. The molecule has 0 radical (unpaired) electrons. The summed E-state index contributed by atoms with van der Waals surface area (Å²) < 4.78 is 16.5. The number of nitrogens with one attached hydrogen (secondary N) is 2. The van der Waals surface area contributed by atoms with Crippen LogP contribution in [0.2, 0.25) is 0 Å². The molecule has 0 atom stereocenters. The van der Waals surface area contributed by atoms with E-state index in [0.717, 1.165) is 68.6 Å². The van der Waals surface area contributed by atoms with E-state index in [1.54, 1.807) is 0 Å². The Kier molecular flexibility index (Phi) is 7.04. The van der Waals surface area contributed by atoms with Crippen LogP contribution in [0.25, 0.3) is 0 Å². The number of morpholine rings is 1. The van der Waals surface area contributed by atoms with Crippen molar-refractivity contribution in [1.82, 2.24) is 15.6 Å². The van der Waals surface area contributed by atoms with E-state index in [1.807, 2.05) is 25.1 Å². The molecule has 0 saturated carbocycles. The second-order valence-electron chi connectivity index (χ2n) is 6.23. The van der Waals surface area contributed by atoms with Crippen LogP contribution in [0.3, 0.4) is 0 Å². The Balaban J connectivity index is 1.39. The summed E-state index contributed by atoms with van der Waals surface area (Å²) in [6.45, 7) is 8.67. The molecule has 0 unspecified atom stereocenters. The number of ether oxygens (including phenoxy) is 3. The van der Waals surface area contributed by atoms with Gasteiger partial charge in [0.2, 0.25) is 0 Å². The first-order chi connectivity index (χ1) is 12.7. The predicted molar refractivity (Wildman–Crippen MR) is 105 cm³/mol.